The molecule has 1 aliphatic rings. The summed E-state index contributed by atoms with van der Waals surface area (Å²) >= 11 is 0. The van der Waals surface area contributed by atoms with Crippen LogP contribution in [0, 0.1) is 7.43 Å². The van der Waals surface area contributed by atoms with E-state index in [-0.39, 0.29) is 27.5 Å². The van der Waals surface area contributed by atoms with Crippen LogP contribution in [0.3, 0.4) is 0 Å². The second kappa shape index (κ2) is 5.99. The largest absolute Gasteiger partial charge is 3.00 e. The van der Waals surface area contributed by atoms with Crippen LogP contribution >= 0.6 is 0 Å². The maximum Gasteiger partial charge on any atom is 3.00 e. The standard InChI is InChI=1S/C5H6N2.CH3.Ir/c6-4-5-2-1-3-7-5;;/h2,4H,1,3H2;1H3;/q-2;-1;+3. The zero-order valence-electron chi connectivity index (χ0n) is 5.30. The van der Waals surface area contributed by atoms with Crippen LogP contribution in [0.2, 0.25) is 0 Å². The van der Waals surface area contributed by atoms with Crippen LogP contribution in [-0.2, 0) is 20.1 Å². The van der Waals surface area contributed by atoms with E-state index >= 15 is 0 Å². The number of hydrogen-bond donors (Lipinski definition) is 0. The summed E-state index contributed by atoms with van der Waals surface area (Å²) in [5, 5.41) is 12.2. The van der Waals surface area contributed by atoms with Crippen molar-refractivity contribution in [3.8, 4) is 0 Å². The second-order valence-corrected chi connectivity index (χ2v) is 1.43. The zero-order chi connectivity index (χ0) is 5.11. The SMILES string of the molecule is [CH3-].[Ir+3].[N-]=CC1=CCC[N-]1. The molecule has 0 spiro atoms. The van der Waals surface area contributed by atoms with Crippen LogP contribution in [0.4, 0.5) is 0 Å². The molecule has 0 unspecified atom stereocenters. The molecular formula is C6H9IrN2. The van der Waals surface area contributed by atoms with E-state index in [2.05, 4.69) is 5.32 Å². The first-order valence-electron chi connectivity index (χ1n) is 2.28. The van der Waals surface area contributed by atoms with E-state index < -0.39 is 0 Å². The van der Waals surface area contributed by atoms with E-state index in [4.69, 9.17) is 5.41 Å². The van der Waals surface area contributed by atoms with Gasteiger partial charge in [-0.15, -0.1) is 12.6 Å². The van der Waals surface area contributed by atoms with Crippen LogP contribution in [-0.4, -0.2) is 12.8 Å². The Morgan fingerprint density at radius 3 is 2.56 bits per heavy atom. The second-order valence-electron chi connectivity index (χ2n) is 1.43. The predicted molar refractivity (Wildman–Crippen MR) is 36.8 cm³/mol. The molecule has 0 radical (unpaired) electrons. The van der Waals surface area contributed by atoms with Crippen LogP contribution in [0.1, 0.15) is 6.42 Å². The molecule has 0 amide bonds. The summed E-state index contributed by atoms with van der Waals surface area (Å²) in [6.07, 6.45) is 3.92. The molecule has 0 N–H and O–H groups in total. The fraction of sp³-hybridized carbons (Fsp3) is 0.333. The summed E-state index contributed by atoms with van der Waals surface area (Å²) in [5.41, 5.74) is 0.722. The van der Waals surface area contributed by atoms with E-state index in [0.29, 0.717) is 0 Å². The molecule has 2 nitrogen and oxygen atoms in total. The first kappa shape index (κ1) is 11.6. The van der Waals surface area contributed by atoms with Gasteiger partial charge in [0, 0.05) is 0 Å². The summed E-state index contributed by atoms with van der Waals surface area (Å²) in [6.45, 7) is 0.840. The average Bonchev–Trinajstić information content (AvgIpc) is 2.14. The molecule has 1 aliphatic heterocycles. The normalized spacial score (nSPS) is 14.0. The van der Waals surface area contributed by atoms with Crippen molar-refractivity contribution < 1.29 is 20.1 Å². The zero-order valence-corrected chi connectivity index (χ0v) is 7.69. The van der Waals surface area contributed by atoms with Crippen molar-refractivity contribution in [2.75, 3.05) is 6.54 Å². The van der Waals surface area contributed by atoms with Gasteiger partial charge in [-0.1, -0.05) is 6.42 Å². The van der Waals surface area contributed by atoms with Crippen molar-refractivity contribution in [3.63, 3.8) is 0 Å². The van der Waals surface area contributed by atoms with Crippen LogP contribution in [0.15, 0.2) is 11.8 Å². The Hall–Kier alpha value is -0.141. The monoisotopic (exact) mass is 302 g/mol. The van der Waals surface area contributed by atoms with Crippen LogP contribution in [0.25, 0.3) is 10.7 Å². The number of hydrogen-bond acceptors (Lipinski definition) is 0. The molecule has 3 heteroatoms. The van der Waals surface area contributed by atoms with Gasteiger partial charge in [-0.2, -0.15) is 5.70 Å². The summed E-state index contributed by atoms with van der Waals surface area (Å²) < 4.78 is 0. The first-order chi connectivity index (χ1) is 3.43. The van der Waals surface area contributed by atoms with Gasteiger partial charge in [0.05, 0.1) is 0 Å². The van der Waals surface area contributed by atoms with E-state index in [0.717, 1.165) is 24.9 Å². The van der Waals surface area contributed by atoms with Gasteiger partial charge >= 0.3 is 20.1 Å². The quantitative estimate of drug-likeness (QED) is 0.522. The third-order valence-corrected chi connectivity index (χ3v) is 0.909. The number of rotatable bonds is 1. The summed E-state index contributed by atoms with van der Waals surface area (Å²) in [7, 11) is 0. The Morgan fingerprint density at radius 1 is 1.67 bits per heavy atom. The molecule has 0 saturated carbocycles. The van der Waals surface area contributed by atoms with Gasteiger partial charge in [0.15, 0.2) is 0 Å². The Labute approximate surface area is 69.6 Å². The average molecular weight is 301 g/mol. The van der Waals surface area contributed by atoms with Crippen molar-refractivity contribution in [1.29, 1.82) is 0 Å². The van der Waals surface area contributed by atoms with Gasteiger partial charge in [-0.3, -0.25) is 0 Å². The topological polar surface area (TPSA) is 36.4 Å². The van der Waals surface area contributed by atoms with Gasteiger partial charge < -0.3 is 18.2 Å². The van der Waals surface area contributed by atoms with Gasteiger partial charge in [0.2, 0.25) is 0 Å². The summed E-state index contributed by atoms with van der Waals surface area (Å²) in [6, 6.07) is 0. The molecule has 52 valence electrons. The molecule has 9 heavy (non-hydrogen) atoms. The molecular weight excluding hydrogens is 292 g/mol. The maximum atomic E-state index is 8.28. The van der Waals surface area contributed by atoms with E-state index in [1.807, 2.05) is 6.08 Å². The van der Waals surface area contributed by atoms with Crippen molar-refractivity contribution in [2.24, 2.45) is 0 Å². The minimum absolute atomic E-state index is 0. The smallest absolute Gasteiger partial charge is 0.812 e. The van der Waals surface area contributed by atoms with Crippen molar-refractivity contribution in [1.82, 2.24) is 0 Å². The molecule has 0 saturated heterocycles. The van der Waals surface area contributed by atoms with Crippen molar-refractivity contribution in [2.45, 2.75) is 6.42 Å². The molecule has 1 rings (SSSR count). The third-order valence-electron chi connectivity index (χ3n) is 0.909. The van der Waals surface area contributed by atoms with Gasteiger partial charge in [0.25, 0.3) is 0 Å². The molecule has 0 fully saturated rings. The minimum Gasteiger partial charge on any atom is -0.812 e. The molecule has 1 heterocycles. The van der Waals surface area contributed by atoms with Gasteiger partial charge in [0.1, 0.15) is 0 Å². The van der Waals surface area contributed by atoms with E-state index in [9.17, 15) is 0 Å². The minimum atomic E-state index is 0. The predicted octanol–water partition coefficient (Wildman–Crippen LogP) is 1.74. The fourth-order valence-electron chi connectivity index (χ4n) is 0.564. The van der Waals surface area contributed by atoms with Crippen LogP contribution < -0.4 is 0 Å². The molecule has 0 aromatic heterocycles. The molecule has 0 bridgehead atoms. The fourth-order valence-corrected chi connectivity index (χ4v) is 0.564. The first-order valence-corrected chi connectivity index (χ1v) is 2.28. The summed E-state index contributed by atoms with van der Waals surface area (Å²) in [4.78, 5) is 0. The molecule has 0 aromatic rings. The van der Waals surface area contributed by atoms with Crippen LogP contribution in [0.5, 0.6) is 0 Å². The Morgan fingerprint density at radius 2 is 2.33 bits per heavy atom. The molecule has 0 aromatic carbocycles. The summed E-state index contributed by atoms with van der Waals surface area (Å²) in [5.74, 6) is 0. The third kappa shape index (κ3) is 3.44. The number of nitrogens with zero attached hydrogens (tertiary/aromatic N) is 2. The Kier molecular flexibility index (Phi) is 7.74. The Balaban J connectivity index is 0. The van der Waals surface area contributed by atoms with Gasteiger partial charge in [-0.25, -0.2) is 6.21 Å². The molecule has 0 atom stereocenters. The Bertz CT molecular complexity index is 110. The number of allylic oxidation sites excluding steroid dienone is 1. The van der Waals surface area contributed by atoms with Crippen molar-refractivity contribution >= 4 is 6.21 Å². The van der Waals surface area contributed by atoms with E-state index in [1.54, 1.807) is 0 Å². The molecule has 0 aliphatic carbocycles. The van der Waals surface area contributed by atoms with E-state index in [1.165, 1.54) is 0 Å². The van der Waals surface area contributed by atoms with Crippen molar-refractivity contribution in [3.05, 3.63) is 29.9 Å². The van der Waals surface area contributed by atoms with Gasteiger partial charge in [-0.05, 0) is 0 Å². The maximum absolute atomic E-state index is 8.28.